The highest BCUT2D eigenvalue weighted by Gasteiger charge is 2.22. The standard InChI is InChI=1S/C12H21N3O2/c1-8(2)9(6-13)11(17)14-7-10(16)15-12(3,4)5/h8-9H,7H2,1-5H3,(H,14,17)(H,15,16). The highest BCUT2D eigenvalue weighted by Crippen LogP contribution is 2.08. The summed E-state index contributed by atoms with van der Waals surface area (Å²) in [7, 11) is 0. The fourth-order valence-electron chi connectivity index (χ4n) is 1.25. The fraction of sp³-hybridized carbons (Fsp3) is 0.750. The van der Waals surface area contributed by atoms with Gasteiger partial charge >= 0.3 is 0 Å². The Balaban J connectivity index is 4.17. The van der Waals surface area contributed by atoms with Gasteiger partial charge in [-0.1, -0.05) is 13.8 Å². The average molecular weight is 239 g/mol. The van der Waals surface area contributed by atoms with E-state index in [-0.39, 0.29) is 23.9 Å². The number of nitrogens with one attached hydrogen (secondary N) is 2. The molecule has 0 saturated carbocycles. The van der Waals surface area contributed by atoms with E-state index >= 15 is 0 Å². The van der Waals surface area contributed by atoms with Crippen molar-refractivity contribution in [3.63, 3.8) is 0 Å². The molecule has 2 N–H and O–H groups in total. The highest BCUT2D eigenvalue weighted by atomic mass is 16.2. The molecule has 1 atom stereocenters. The first-order chi connectivity index (χ1) is 7.67. The van der Waals surface area contributed by atoms with Gasteiger partial charge in [0.15, 0.2) is 0 Å². The molecule has 0 aliphatic carbocycles. The first-order valence-electron chi connectivity index (χ1n) is 5.65. The van der Waals surface area contributed by atoms with Crippen LogP contribution in [0.2, 0.25) is 0 Å². The molecule has 0 aromatic rings. The molecule has 17 heavy (non-hydrogen) atoms. The van der Waals surface area contributed by atoms with Crippen LogP contribution in [0, 0.1) is 23.2 Å². The maximum absolute atomic E-state index is 11.6. The minimum atomic E-state index is -0.711. The van der Waals surface area contributed by atoms with Crippen LogP contribution in [0.1, 0.15) is 34.6 Å². The Hall–Kier alpha value is -1.57. The van der Waals surface area contributed by atoms with Crippen molar-refractivity contribution in [3.8, 4) is 6.07 Å². The van der Waals surface area contributed by atoms with Crippen molar-refractivity contribution in [3.05, 3.63) is 0 Å². The summed E-state index contributed by atoms with van der Waals surface area (Å²) < 4.78 is 0. The minimum Gasteiger partial charge on any atom is -0.350 e. The Morgan fingerprint density at radius 2 is 1.82 bits per heavy atom. The van der Waals surface area contributed by atoms with Crippen LogP contribution < -0.4 is 10.6 Å². The van der Waals surface area contributed by atoms with E-state index in [9.17, 15) is 9.59 Å². The van der Waals surface area contributed by atoms with E-state index in [0.717, 1.165) is 0 Å². The van der Waals surface area contributed by atoms with Gasteiger partial charge in [0.25, 0.3) is 0 Å². The average Bonchev–Trinajstić information content (AvgIpc) is 2.12. The van der Waals surface area contributed by atoms with Crippen molar-refractivity contribution in [1.29, 1.82) is 5.26 Å². The summed E-state index contributed by atoms with van der Waals surface area (Å²) in [6.45, 7) is 9.07. The molecule has 0 aliphatic rings. The predicted octanol–water partition coefficient (Wildman–Crippen LogP) is 0.813. The Morgan fingerprint density at radius 1 is 1.29 bits per heavy atom. The molecule has 1 unspecified atom stereocenters. The fourth-order valence-corrected chi connectivity index (χ4v) is 1.25. The number of carbonyl (C=O) groups excluding carboxylic acids is 2. The lowest BCUT2D eigenvalue weighted by molar-refractivity contribution is -0.128. The second-order valence-corrected chi connectivity index (χ2v) is 5.37. The summed E-state index contributed by atoms with van der Waals surface area (Å²) in [5.74, 6) is -1.43. The second-order valence-electron chi connectivity index (χ2n) is 5.37. The third kappa shape index (κ3) is 6.56. The maximum Gasteiger partial charge on any atom is 0.239 e. The molecule has 0 spiro atoms. The van der Waals surface area contributed by atoms with E-state index in [4.69, 9.17) is 5.26 Å². The van der Waals surface area contributed by atoms with Crippen molar-refractivity contribution in [2.45, 2.75) is 40.2 Å². The van der Waals surface area contributed by atoms with Crippen LogP contribution in [0.15, 0.2) is 0 Å². The van der Waals surface area contributed by atoms with E-state index in [1.54, 1.807) is 13.8 Å². The van der Waals surface area contributed by atoms with Gasteiger partial charge in [0.2, 0.25) is 11.8 Å². The van der Waals surface area contributed by atoms with Gasteiger partial charge in [-0.15, -0.1) is 0 Å². The SMILES string of the molecule is CC(C)C(C#N)C(=O)NCC(=O)NC(C)(C)C. The molecule has 0 aromatic heterocycles. The zero-order chi connectivity index (χ0) is 13.6. The summed E-state index contributed by atoms with van der Waals surface area (Å²) >= 11 is 0. The predicted molar refractivity (Wildman–Crippen MR) is 64.8 cm³/mol. The molecule has 5 nitrogen and oxygen atoms in total. The Morgan fingerprint density at radius 3 is 2.18 bits per heavy atom. The molecule has 5 heteroatoms. The smallest absolute Gasteiger partial charge is 0.239 e. The number of amides is 2. The molecule has 0 fully saturated rings. The van der Waals surface area contributed by atoms with E-state index in [2.05, 4.69) is 10.6 Å². The highest BCUT2D eigenvalue weighted by molar-refractivity contribution is 5.87. The molecule has 0 saturated heterocycles. The van der Waals surface area contributed by atoms with Crippen LogP contribution in [-0.2, 0) is 9.59 Å². The van der Waals surface area contributed by atoms with E-state index in [1.807, 2.05) is 26.8 Å². The van der Waals surface area contributed by atoms with Crippen molar-refractivity contribution in [2.75, 3.05) is 6.54 Å². The Bertz CT molecular complexity index is 324. The molecule has 0 aliphatic heterocycles. The summed E-state index contributed by atoms with van der Waals surface area (Å²) in [6, 6.07) is 1.93. The van der Waals surface area contributed by atoms with Gasteiger partial charge in [0, 0.05) is 5.54 Å². The molecular formula is C12H21N3O2. The molecule has 0 heterocycles. The number of nitriles is 1. The van der Waals surface area contributed by atoms with E-state index < -0.39 is 11.8 Å². The largest absolute Gasteiger partial charge is 0.350 e. The molecular weight excluding hydrogens is 218 g/mol. The zero-order valence-corrected chi connectivity index (χ0v) is 11.1. The maximum atomic E-state index is 11.6. The monoisotopic (exact) mass is 239 g/mol. The lowest BCUT2D eigenvalue weighted by Crippen LogP contribution is -2.47. The summed E-state index contributed by atoms with van der Waals surface area (Å²) in [6.07, 6.45) is 0. The van der Waals surface area contributed by atoms with Crippen LogP contribution in [0.5, 0.6) is 0 Å². The van der Waals surface area contributed by atoms with Gasteiger partial charge < -0.3 is 10.6 Å². The van der Waals surface area contributed by atoms with Gasteiger partial charge in [-0.3, -0.25) is 9.59 Å². The lowest BCUT2D eigenvalue weighted by Gasteiger charge is -2.21. The first kappa shape index (κ1) is 15.4. The third-order valence-corrected chi connectivity index (χ3v) is 2.03. The number of hydrogen-bond donors (Lipinski definition) is 2. The molecule has 0 aromatic carbocycles. The molecule has 0 bridgehead atoms. The van der Waals surface area contributed by atoms with Gasteiger partial charge in [-0.05, 0) is 26.7 Å². The molecule has 2 amide bonds. The normalized spacial score (nSPS) is 12.8. The molecule has 96 valence electrons. The van der Waals surface area contributed by atoms with Crippen LogP contribution in [0.4, 0.5) is 0 Å². The topological polar surface area (TPSA) is 82.0 Å². The molecule has 0 rings (SSSR count). The van der Waals surface area contributed by atoms with E-state index in [1.165, 1.54) is 0 Å². The number of hydrogen-bond acceptors (Lipinski definition) is 3. The number of nitrogens with zero attached hydrogens (tertiary/aromatic N) is 1. The van der Waals surface area contributed by atoms with Gasteiger partial charge in [0.1, 0.15) is 5.92 Å². The van der Waals surface area contributed by atoms with Crippen molar-refractivity contribution < 1.29 is 9.59 Å². The molecule has 0 radical (unpaired) electrons. The number of rotatable bonds is 4. The van der Waals surface area contributed by atoms with E-state index in [0.29, 0.717) is 0 Å². The first-order valence-corrected chi connectivity index (χ1v) is 5.65. The van der Waals surface area contributed by atoms with Gasteiger partial charge in [0.05, 0.1) is 12.6 Å². The van der Waals surface area contributed by atoms with Gasteiger partial charge in [-0.2, -0.15) is 5.26 Å². The van der Waals surface area contributed by atoms with Crippen molar-refractivity contribution in [2.24, 2.45) is 11.8 Å². The second kappa shape index (κ2) is 6.24. The minimum absolute atomic E-state index is 0.0642. The van der Waals surface area contributed by atoms with Crippen molar-refractivity contribution >= 4 is 11.8 Å². The van der Waals surface area contributed by atoms with Crippen molar-refractivity contribution in [1.82, 2.24) is 10.6 Å². The van der Waals surface area contributed by atoms with Gasteiger partial charge in [-0.25, -0.2) is 0 Å². The zero-order valence-electron chi connectivity index (χ0n) is 11.1. The Kier molecular flexibility index (Phi) is 5.66. The Labute approximate surface area is 103 Å². The van der Waals surface area contributed by atoms with Crippen LogP contribution >= 0.6 is 0 Å². The number of carbonyl (C=O) groups is 2. The third-order valence-electron chi connectivity index (χ3n) is 2.03. The summed E-state index contributed by atoms with van der Waals surface area (Å²) in [4.78, 5) is 23.0. The quantitative estimate of drug-likeness (QED) is 0.761. The van der Waals surface area contributed by atoms with Crippen LogP contribution in [0.3, 0.4) is 0 Å². The van der Waals surface area contributed by atoms with Crippen LogP contribution in [-0.4, -0.2) is 23.9 Å². The summed E-state index contributed by atoms with van der Waals surface area (Å²) in [5, 5.41) is 14.0. The lowest BCUT2D eigenvalue weighted by atomic mass is 9.97. The summed E-state index contributed by atoms with van der Waals surface area (Å²) in [5.41, 5.74) is -0.325. The van der Waals surface area contributed by atoms with Crippen LogP contribution in [0.25, 0.3) is 0 Å².